The van der Waals surface area contributed by atoms with E-state index in [1.165, 1.54) is 18.3 Å². The van der Waals surface area contributed by atoms with Crippen LogP contribution in [0.1, 0.15) is 30.1 Å². The molecule has 19 heavy (non-hydrogen) atoms. The quantitative estimate of drug-likeness (QED) is 0.812. The Labute approximate surface area is 110 Å². The number of H-pyrrole nitrogens is 1. The van der Waals surface area contributed by atoms with E-state index in [1.54, 1.807) is 11.8 Å². The van der Waals surface area contributed by atoms with Gasteiger partial charge in [0.05, 0.1) is 0 Å². The van der Waals surface area contributed by atoms with Crippen LogP contribution in [0.25, 0.3) is 0 Å². The van der Waals surface area contributed by atoms with Gasteiger partial charge in [-0.1, -0.05) is 0 Å². The van der Waals surface area contributed by atoms with Crippen LogP contribution in [0.5, 0.6) is 0 Å². The minimum absolute atomic E-state index is 0.0734. The second kappa shape index (κ2) is 5.69. The van der Waals surface area contributed by atoms with E-state index in [9.17, 15) is 14.4 Å². The molecule has 2 N–H and O–H groups in total. The van der Waals surface area contributed by atoms with Crippen LogP contribution in [0.3, 0.4) is 0 Å². The maximum Gasteiger partial charge on any atom is 0.252 e. The van der Waals surface area contributed by atoms with Crippen molar-refractivity contribution in [3.05, 3.63) is 34.2 Å². The van der Waals surface area contributed by atoms with Crippen LogP contribution >= 0.6 is 0 Å². The number of aromatic amines is 1. The zero-order valence-corrected chi connectivity index (χ0v) is 10.8. The number of likely N-dealkylation sites (tertiary alicyclic amines) is 1. The lowest BCUT2D eigenvalue weighted by atomic mass is 10.2. The maximum absolute atomic E-state index is 12.0. The second-order valence-corrected chi connectivity index (χ2v) is 4.67. The van der Waals surface area contributed by atoms with Crippen LogP contribution in [0.15, 0.2) is 23.1 Å². The third-order valence-electron chi connectivity index (χ3n) is 3.17. The molecular weight excluding hydrogens is 246 g/mol. The number of pyridine rings is 1. The predicted molar refractivity (Wildman–Crippen MR) is 69.8 cm³/mol. The molecule has 6 heteroatoms. The molecule has 102 valence electrons. The summed E-state index contributed by atoms with van der Waals surface area (Å²) in [6.45, 7) is 3.17. The molecule has 1 aromatic rings. The Morgan fingerprint density at radius 1 is 1.37 bits per heavy atom. The highest BCUT2D eigenvalue weighted by Gasteiger charge is 2.24. The van der Waals surface area contributed by atoms with Crippen LogP contribution in [0, 0.1) is 0 Å². The highest BCUT2D eigenvalue weighted by atomic mass is 16.2. The largest absolute Gasteiger partial charge is 0.341 e. The van der Waals surface area contributed by atoms with Crippen LogP contribution < -0.4 is 10.9 Å². The van der Waals surface area contributed by atoms with E-state index in [2.05, 4.69) is 10.3 Å². The van der Waals surface area contributed by atoms with Gasteiger partial charge in [0.1, 0.15) is 6.04 Å². The Hall–Kier alpha value is -2.11. The fourth-order valence-corrected chi connectivity index (χ4v) is 2.14. The van der Waals surface area contributed by atoms with E-state index < -0.39 is 11.9 Å². The summed E-state index contributed by atoms with van der Waals surface area (Å²) >= 11 is 0. The lowest BCUT2D eigenvalue weighted by Crippen LogP contribution is -2.46. The maximum atomic E-state index is 12.0. The summed E-state index contributed by atoms with van der Waals surface area (Å²) in [5.41, 5.74) is -0.0870. The van der Waals surface area contributed by atoms with Gasteiger partial charge < -0.3 is 15.2 Å². The van der Waals surface area contributed by atoms with Crippen LogP contribution in [-0.4, -0.2) is 40.8 Å². The molecule has 0 aliphatic carbocycles. The number of hydrogen-bond donors (Lipinski definition) is 2. The van der Waals surface area contributed by atoms with Gasteiger partial charge in [-0.25, -0.2) is 0 Å². The number of carbonyl (C=O) groups is 2. The minimum atomic E-state index is -0.579. The number of aromatic nitrogens is 1. The van der Waals surface area contributed by atoms with E-state index in [4.69, 9.17) is 0 Å². The van der Waals surface area contributed by atoms with Crippen LogP contribution in [0.4, 0.5) is 0 Å². The topological polar surface area (TPSA) is 82.3 Å². The first kappa shape index (κ1) is 13.3. The summed E-state index contributed by atoms with van der Waals surface area (Å²) in [6, 6.07) is 2.14. The minimum Gasteiger partial charge on any atom is -0.341 e. The highest BCUT2D eigenvalue weighted by Crippen LogP contribution is 2.09. The summed E-state index contributed by atoms with van der Waals surface area (Å²) in [4.78, 5) is 39.2. The molecule has 1 aliphatic heterocycles. The fourth-order valence-electron chi connectivity index (χ4n) is 2.14. The molecule has 6 nitrogen and oxygen atoms in total. The zero-order chi connectivity index (χ0) is 13.8. The average Bonchev–Trinajstić information content (AvgIpc) is 2.91. The van der Waals surface area contributed by atoms with Gasteiger partial charge in [0.15, 0.2) is 0 Å². The van der Waals surface area contributed by atoms with Crippen molar-refractivity contribution < 1.29 is 9.59 Å². The number of rotatable bonds is 3. The van der Waals surface area contributed by atoms with Gasteiger partial charge in [-0.3, -0.25) is 14.4 Å². The van der Waals surface area contributed by atoms with Gasteiger partial charge in [0.25, 0.3) is 5.91 Å². The van der Waals surface area contributed by atoms with Crippen LogP contribution in [0.2, 0.25) is 0 Å². The van der Waals surface area contributed by atoms with E-state index >= 15 is 0 Å². The van der Waals surface area contributed by atoms with E-state index in [0.29, 0.717) is 0 Å². The summed E-state index contributed by atoms with van der Waals surface area (Å²) in [5.74, 6) is -0.484. The van der Waals surface area contributed by atoms with Crippen molar-refractivity contribution in [3.8, 4) is 0 Å². The van der Waals surface area contributed by atoms with Crippen molar-refractivity contribution in [3.63, 3.8) is 0 Å². The number of nitrogens with one attached hydrogen (secondary N) is 2. The Bertz CT molecular complexity index is 532. The Kier molecular flexibility index (Phi) is 3.99. The number of carbonyl (C=O) groups excluding carboxylic acids is 2. The first-order valence-corrected chi connectivity index (χ1v) is 6.36. The molecule has 0 radical (unpaired) electrons. The van der Waals surface area contributed by atoms with E-state index in [-0.39, 0.29) is 17.0 Å². The lowest BCUT2D eigenvalue weighted by molar-refractivity contribution is -0.131. The molecule has 1 saturated heterocycles. The molecule has 1 atom stereocenters. The van der Waals surface area contributed by atoms with Crippen LogP contribution in [-0.2, 0) is 4.79 Å². The van der Waals surface area contributed by atoms with Crippen molar-refractivity contribution >= 4 is 11.8 Å². The normalized spacial score (nSPS) is 16.2. The first-order valence-electron chi connectivity index (χ1n) is 6.36. The summed E-state index contributed by atoms with van der Waals surface area (Å²) < 4.78 is 0. The first-order chi connectivity index (χ1) is 9.08. The molecule has 1 unspecified atom stereocenters. The molecule has 2 heterocycles. The van der Waals surface area contributed by atoms with Gasteiger partial charge in [0.2, 0.25) is 11.5 Å². The molecular formula is C13H17N3O3. The third-order valence-corrected chi connectivity index (χ3v) is 3.17. The standard InChI is InChI=1S/C13H17N3O3/c1-9(13(19)16-6-2-3-7-16)15-12(18)10-4-5-14-11(17)8-10/h4-5,8-9H,2-3,6-7H2,1H3,(H,14,17)(H,15,18). The summed E-state index contributed by atoms with van der Waals surface area (Å²) in [7, 11) is 0. The summed E-state index contributed by atoms with van der Waals surface area (Å²) in [6.07, 6.45) is 3.44. The second-order valence-electron chi connectivity index (χ2n) is 4.67. The molecule has 0 saturated carbocycles. The van der Waals surface area contributed by atoms with Gasteiger partial charge in [0, 0.05) is 30.9 Å². The molecule has 0 bridgehead atoms. The lowest BCUT2D eigenvalue weighted by Gasteiger charge is -2.21. The molecule has 0 spiro atoms. The van der Waals surface area contributed by atoms with Crippen molar-refractivity contribution in [1.29, 1.82) is 0 Å². The molecule has 2 amide bonds. The number of amides is 2. The Balaban J connectivity index is 1.98. The summed E-state index contributed by atoms with van der Waals surface area (Å²) in [5, 5.41) is 2.62. The monoisotopic (exact) mass is 263 g/mol. The fraction of sp³-hybridized carbons (Fsp3) is 0.462. The van der Waals surface area contributed by atoms with Gasteiger partial charge >= 0.3 is 0 Å². The average molecular weight is 263 g/mol. The van der Waals surface area contributed by atoms with Crippen molar-refractivity contribution in [2.24, 2.45) is 0 Å². The van der Waals surface area contributed by atoms with Gasteiger partial charge in [-0.2, -0.15) is 0 Å². The molecule has 0 aromatic carbocycles. The number of hydrogen-bond acceptors (Lipinski definition) is 3. The highest BCUT2D eigenvalue weighted by molar-refractivity contribution is 5.97. The Morgan fingerprint density at radius 2 is 2.05 bits per heavy atom. The zero-order valence-electron chi connectivity index (χ0n) is 10.8. The van der Waals surface area contributed by atoms with Crippen molar-refractivity contribution in [1.82, 2.24) is 15.2 Å². The van der Waals surface area contributed by atoms with Crippen molar-refractivity contribution in [2.75, 3.05) is 13.1 Å². The van der Waals surface area contributed by atoms with Gasteiger partial charge in [-0.15, -0.1) is 0 Å². The molecule has 1 aliphatic rings. The SMILES string of the molecule is CC(NC(=O)c1cc[nH]c(=O)c1)C(=O)N1CCCC1. The van der Waals surface area contributed by atoms with Gasteiger partial charge in [-0.05, 0) is 25.8 Å². The predicted octanol–water partition coefficient (Wildman–Crippen LogP) is 0.116. The molecule has 1 aromatic heterocycles. The third kappa shape index (κ3) is 3.21. The molecule has 2 rings (SSSR count). The van der Waals surface area contributed by atoms with E-state index in [1.807, 2.05) is 0 Å². The Morgan fingerprint density at radius 3 is 2.68 bits per heavy atom. The smallest absolute Gasteiger partial charge is 0.252 e. The number of nitrogens with zero attached hydrogens (tertiary/aromatic N) is 1. The van der Waals surface area contributed by atoms with Crippen molar-refractivity contribution in [2.45, 2.75) is 25.8 Å². The van der Waals surface area contributed by atoms with E-state index in [0.717, 1.165) is 25.9 Å². The molecule has 1 fully saturated rings.